The Balaban J connectivity index is 2.98. The Labute approximate surface area is 125 Å². The van der Waals surface area contributed by atoms with Crippen molar-refractivity contribution in [2.45, 2.75) is 39.5 Å². The van der Waals surface area contributed by atoms with E-state index in [1.54, 1.807) is 12.1 Å². The van der Waals surface area contributed by atoms with E-state index >= 15 is 0 Å². The van der Waals surface area contributed by atoms with Crippen molar-refractivity contribution < 1.29 is 9.72 Å². The maximum absolute atomic E-state index is 12.0. The first kappa shape index (κ1) is 16.9. The van der Waals surface area contributed by atoms with Crippen LogP contribution in [0.5, 0.6) is 0 Å². The van der Waals surface area contributed by atoms with Gasteiger partial charge >= 0.3 is 0 Å². The topological polar surface area (TPSA) is 72.2 Å². The minimum Gasteiger partial charge on any atom is -0.352 e. The zero-order valence-corrected chi connectivity index (χ0v) is 13.0. The van der Waals surface area contributed by atoms with Crippen molar-refractivity contribution in [3.05, 3.63) is 51.6 Å². The Morgan fingerprint density at radius 1 is 1.38 bits per heavy atom. The summed E-state index contributed by atoms with van der Waals surface area (Å²) in [6.45, 7) is 8.15. The summed E-state index contributed by atoms with van der Waals surface area (Å²) in [6.07, 6.45) is 4.60. The van der Waals surface area contributed by atoms with Gasteiger partial charge in [-0.2, -0.15) is 0 Å². The molecule has 0 radical (unpaired) electrons. The summed E-state index contributed by atoms with van der Waals surface area (Å²) in [4.78, 5) is 22.8. The predicted octanol–water partition coefficient (Wildman–Crippen LogP) is 3.59. The molecule has 0 spiro atoms. The lowest BCUT2D eigenvalue weighted by molar-refractivity contribution is -0.386. The van der Waals surface area contributed by atoms with Crippen LogP contribution in [0.25, 0.3) is 0 Å². The number of benzene rings is 1. The highest BCUT2D eigenvalue weighted by molar-refractivity contribution is 5.95. The number of nitrogens with zero attached hydrogens (tertiary/aromatic N) is 1. The smallest absolute Gasteiger partial charge is 0.273 e. The van der Waals surface area contributed by atoms with Gasteiger partial charge in [-0.05, 0) is 24.8 Å². The van der Waals surface area contributed by atoms with E-state index in [0.29, 0.717) is 17.7 Å². The van der Waals surface area contributed by atoms with E-state index in [1.165, 1.54) is 6.07 Å². The molecule has 114 valence electrons. The lowest BCUT2D eigenvalue weighted by atomic mass is 9.85. The van der Waals surface area contributed by atoms with Crippen LogP contribution in [0.1, 0.15) is 50.0 Å². The zero-order chi connectivity index (χ0) is 16.0. The van der Waals surface area contributed by atoms with E-state index in [1.807, 2.05) is 39.8 Å². The highest BCUT2D eigenvalue weighted by atomic mass is 16.6. The van der Waals surface area contributed by atoms with Crippen LogP contribution < -0.4 is 5.32 Å². The summed E-state index contributed by atoms with van der Waals surface area (Å²) >= 11 is 0. The van der Waals surface area contributed by atoms with Crippen LogP contribution in [0, 0.1) is 10.1 Å². The highest BCUT2D eigenvalue weighted by Crippen LogP contribution is 2.31. The molecule has 0 atom stereocenters. The molecule has 0 unspecified atom stereocenters. The molecule has 0 bridgehead atoms. The van der Waals surface area contributed by atoms with Crippen molar-refractivity contribution >= 4 is 11.6 Å². The van der Waals surface area contributed by atoms with Gasteiger partial charge in [0.1, 0.15) is 0 Å². The van der Waals surface area contributed by atoms with Crippen molar-refractivity contribution in [3.63, 3.8) is 0 Å². The summed E-state index contributed by atoms with van der Waals surface area (Å²) < 4.78 is 0. The number of amides is 1. The molecule has 0 aliphatic rings. The van der Waals surface area contributed by atoms with Gasteiger partial charge in [0.15, 0.2) is 0 Å². The van der Waals surface area contributed by atoms with Crippen LogP contribution >= 0.6 is 0 Å². The molecule has 1 aromatic carbocycles. The summed E-state index contributed by atoms with van der Waals surface area (Å²) in [7, 11) is 0. The number of hydrogen-bond donors (Lipinski definition) is 1. The summed E-state index contributed by atoms with van der Waals surface area (Å²) in [5.74, 6) is -0.289. The monoisotopic (exact) mass is 290 g/mol. The fourth-order valence-corrected chi connectivity index (χ4v) is 2.00. The summed E-state index contributed by atoms with van der Waals surface area (Å²) in [5, 5.41) is 14.0. The molecule has 0 saturated heterocycles. The van der Waals surface area contributed by atoms with Gasteiger partial charge in [0.2, 0.25) is 0 Å². The molecule has 0 aromatic heterocycles. The van der Waals surface area contributed by atoms with Gasteiger partial charge in [0, 0.05) is 23.7 Å². The van der Waals surface area contributed by atoms with Crippen LogP contribution in [0.3, 0.4) is 0 Å². The fraction of sp³-hybridized carbons (Fsp3) is 0.438. The molecule has 1 amide bonds. The van der Waals surface area contributed by atoms with Crippen LogP contribution in [0.15, 0.2) is 30.4 Å². The van der Waals surface area contributed by atoms with Gasteiger partial charge in [0.25, 0.3) is 11.6 Å². The molecule has 0 aliphatic carbocycles. The second-order valence-electron chi connectivity index (χ2n) is 5.85. The van der Waals surface area contributed by atoms with Gasteiger partial charge in [-0.15, -0.1) is 0 Å². The minimum absolute atomic E-state index is 0.0106. The second kappa shape index (κ2) is 7.02. The molecule has 0 fully saturated rings. The fourth-order valence-electron chi connectivity index (χ4n) is 2.00. The Hall–Kier alpha value is -2.17. The van der Waals surface area contributed by atoms with Crippen molar-refractivity contribution in [1.29, 1.82) is 0 Å². The van der Waals surface area contributed by atoms with Crippen molar-refractivity contribution in [2.75, 3.05) is 6.54 Å². The molecule has 0 heterocycles. The number of carbonyl (C=O) groups excluding carboxylic acids is 1. The average molecular weight is 290 g/mol. The molecule has 5 heteroatoms. The SMILES string of the molecule is C/C=C/CCNC(=O)c1ccc(C(C)(C)C)c([N+](=O)[O-])c1. The molecule has 1 rings (SSSR count). The van der Waals surface area contributed by atoms with E-state index in [4.69, 9.17) is 0 Å². The first-order valence-electron chi connectivity index (χ1n) is 6.95. The largest absolute Gasteiger partial charge is 0.352 e. The van der Waals surface area contributed by atoms with Crippen LogP contribution in [0.2, 0.25) is 0 Å². The second-order valence-corrected chi connectivity index (χ2v) is 5.85. The van der Waals surface area contributed by atoms with Crippen molar-refractivity contribution in [2.24, 2.45) is 0 Å². The Morgan fingerprint density at radius 2 is 2.05 bits per heavy atom. The molecule has 0 saturated carbocycles. The van der Waals surface area contributed by atoms with Crippen LogP contribution in [-0.2, 0) is 5.41 Å². The first-order valence-corrected chi connectivity index (χ1v) is 6.95. The van der Waals surface area contributed by atoms with Gasteiger partial charge in [-0.25, -0.2) is 0 Å². The highest BCUT2D eigenvalue weighted by Gasteiger charge is 2.25. The number of rotatable bonds is 5. The molecule has 0 aliphatic heterocycles. The van der Waals surface area contributed by atoms with E-state index < -0.39 is 4.92 Å². The van der Waals surface area contributed by atoms with E-state index in [2.05, 4.69) is 5.32 Å². The van der Waals surface area contributed by atoms with Gasteiger partial charge in [-0.1, -0.05) is 39.0 Å². The quantitative estimate of drug-likeness (QED) is 0.390. The first-order chi connectivity index (χ1) is 9.77. The third-order valence-electron chi connectivity index (χ3n) is 3.10. The van der Waals surface area contributed by atoms with Crippen molar-refractivity contribution in [1.82, 2.24) is 5.32 Å². The summed E-state index contributed by atoms with van der Waals surface area (Å²) in [5.41, 5.74) is 0.584. The Kier molecular flexibility index (Phi) is 5.64. The predicted molar refractivity (Wildman–Crippen MR) is 83.6 cm³/mol. The lowest BCUT2D eigenvalue weighted by Gasteiger charge is -2.19. The van der Waals surface area contributed by atoms with Gasteiger partial charge in [0.05, 0.1) is 4.92 Å². The number of carbonyl (C=O) groups is 1. The molecule has 21 heavy (non-hydrogen) atoms. The average Bonchev–Trinajstić information content (AvgIpc) is 2.41. The van der Waals surface area contributed by atoms with Crippen molar-refractivity contribution in [3.8, 4) is 0 Å². The molecule has 1 aromatic rings. The van der Waals surface area contributed by atoms with E-state index in [-0.39, 0.29) is 17.0 Å². The molecule has 1 N–H and O–H groups in total. The van der Waals surface area contributed by atoms with Crippen LogP contribution in [-0.4, -0.2) is 17.4 Å². The number of nitro groups is 1. The normalized spacial score (nSPS) is 11.6. The number of allylic oxidation sites excluding steroid dienone is 1. The molecular weight excluding hydrogens is 268 g/mol. The van der Waals surface area contributed by atoms with Gasteiger partial charge < -0.3 is 5.32 Å². The Morgan fingerprint density at radius 3 is 2.57 bits per heavy atom. The van der Waals surface area contributed by atoms with E-state index in [9.17, 15) is 14.9 Å². The third kappa shape index (κ3) is 4.70. The number of nitrogens with one attached hydrogen (secondary N) is 1. The Bertz CT molecular complexity index is 557. The maximum Gasteiger partial charge on any atom is 0.273 e. The lowest BCUT2D eigenvalue weighted by Crippen LogP contribution is -2.24. The standard InChI is InChI=1S/C16H22N2O3/c1-5-6-7-10-17-15(19)12-8-9-13(16(2,3)4)14(11-12)18(20)21/h5-6,8-9,11H,7,10H2,1-4H3,(H,17,19)/b6-5+. The van der Waals surface area contributed by atoms with E-state index in [0.717, 1.165) is 6.42 Å². The molecular formula is C16H22N2O3. The maximum atomic E-state index is 12.0. The zero-order valence-electron chi connectivity index (χ0n) is 13.0. The van der Waals surface area contributed by atoms with Crippen LogP contribution in [0.4, 0.5) is 5.69 Å². The third-order valence-corrected chi connectivity index (χ3v) is 3.10. The number of nitro benzene ring substituents is 1. The minimum atomic E-state index is -0.433. The molecule has 5 nitrogen and oxygen atoms in total. The van der Waals surface area contributed by atoms with Gasteiger partial charge in [-0.3, -0.25) is 14.9 Å². The number of hydrogen-bond acceptors (Lipinski definition) is 3. The summed E-state index contributed by atoms with van der Waals surface area (Å²) in [6, 6.07) is 4.66.